The summed E-state index contributed by atoms with van der Waals surface area (Å²) in [7, 11) is 0. The van der Waals surface area contributed by atoms with E-state index in [1.807, 2.05) is 0 Å². The lowest BCUT2D eigenvalue weighted by atomic mass is 10.1. The number of aliphatic carboxylic acids is 1. The molecule has 0 rings (SSSR count). The van der Waals surface area contributed by atoms with Crippen molar-refractivity contribution in [3.05, 3.63) is 0 Å². The molecule has 0 radical (unpaired) electrons. The van der Waals surface area contributed by atoms with Crippen LogP contribution in [-0.2, 0) is 19.2 Å². The summed E-state index contributed by atoms with van der Waals surface area (Å²) in [6, 6.07) is -1.88. The van der Waals surface area contributed by atoms with Gasteiger partial charge in [0.15, 0.2) is 0 Å². The predicted octanol–water partition coefficient (Wildman–Crippen LogP) is -2.72. The molecule has 0 aliphatic carbocycles. The molecule has 0 spiro atoms. The van der Waals surface area contributed by atoms with Gasteiger partial charge < -0.3 is 27.2 Å². The quantitative estimate of drug-likeness (QED) is 0.322. The standard InChI is InChI=1S/C10H18N4O5/c1-5(9(18)13-4-8(16)17)14-10(19)6(11)2-3-7(12)15/h5-6H,2-4,11H2,1H3,(H2,12,15)(H,13,18)(H,14,19)(H,16,17). The van der Waals surface area contributed by atoms with Gasteiger partial charge >= 0.3 is 5.97 Å². The van der Waals surface area contributed by atoms with Crippen LogP contribution < -0.4 is 22.1 Å². The minimum absolute atomic E-state index is 0.0336. The molecule has 7 N–H and O–H groups in total. The predicted molar refractivity (Wildman–Crippen MR) is 64.7 cm³/mol. The van der Waals surface area contributed by atoms with E-state index in [1.165, 1.54) is 6.92 Å². The maximum absolute atomic E-state index is 11.5. The maximum Gasteiger partial charge on any atom is 0.322 e. The van der Waals surface area contributed by atoms with Gasteiger partial charge in [-0.1, -0.05) is 0 Å². The third kappa shape index (κ3) is 7.71. The number of carbonyl (C=O) groups excluding carboxylic acids is 3. The summed E-state index contributed by atoms with van der Waals surface area (Å²) in [5.41, 5.74) is 10.4. The van der Waals surface area contributed by atoms with Crippen LogP contribution in [0.1, 0.15) is 19.8 Å². The smallest absolute Gasteiger partial charge is 0.322 e. The molecular weight excluding hydrogens is 256 g/mol. The van der Waals surface area contributed by atoms with Crippen LogP contribution in [0.3, 0.4) is 0 Å². The summed E-state index contributed by atoms with van der Waals surface area (Å²) in [6.45, 7) is 0.850. The highest BCUT2D eigenvalue weighted by molar-refractivity contribution is 5.90. The Morgan fingerprint density at radius 3 is 2.26 bits per heavy atom. The molecule has 2 unspecified atom stereocenters. The van der Waals surface area contributed by atoms with E-state index in [0.29, 0.717) is 0 Å². The molecule has 9 nitrogen and oxygen atoms in total. The van der Waals surface area contributed by atoms with Gasteiger partial charge in [0, 0.05) is 6.42 Å². The lowest BCUT2D eigenvalue weighted by molar-refractivity contribution is -0.138. The number of amides is 3. The summed E-state index contributed by atoms with van der Waals surface area (Å²) in [4.78, 5) is 43.7. The topological polar surface area (TPSA) is 165 Å². The van der Waals surface area contributed by atoms with Crippen LogP contribution >= 0.6 is 0 Å². The number of nitrogens with two attached hydrogens (primary N) is 2. The Morgan fingerprint density at radius 2 is 1.79 bits per heavy atom. The Hall–Kier alpha value is -2.16. The Balaban J connectivity index is 4.12. The second-order valence-electron chi connectivity index (χ2n) is 3.95. The number of carboxylic acids is 1. The summed E-state index contributed by atoms with van der Waals surface area (Å²) in [5, 5.41) is 12.8. The first-order valence-electron chi connectivity index (χ1n) is 5.57. The van der Waals surface area contributed by atoms with Gasteiger partial charge in [-0.3, -0.25) is 19.2 Å². The van der Waals surface area contributed by atoms with E-state index in [2.05, 4.69) is 10.6 Å². The lowest BCUT2D eigenvalue weighted by Crippen LogP contribution is -2.51. The van der Waals surface area contributed by atoms with Gasteiger partial charge in [-0.05, 0) is 13.3 Å². The molecule has 0 fully saturated rings. The molecule has 2 atom stereocenters. The van der Waals surface area contributed by atoms with Crippen molar-refractivity contribution in [2.24, 2.45) is 11.5 Å². The van der Waals surface area contributed by atoms with Crippen LogP contribution in [0.4, 0.5) is 0 Å². The number of rotatable bonds is 8. The van der Waals surface area contributed by atoms with Gasteiger partial charge in [0.05, 0.1) is 6.04 Å². The van der Waals surface area contributed by atoms with Gasteiger partial charge in [-0.25, -0.2) is 0 Å². The fourth-order valence-corrected chi connectivity index (χ4v) is 1.13. The van der Waals surface area contributed by atoms with E-state index in [1.54, 1.807) is 0 Å². The molecule has 0 aromatic heterocycles. The van der Waals surface area contributed by atoms with Crippen molar-refractivity contribution in [3.63, 3.8) is 0 Å². The molecule has 0 saturated carbocycles. The fourth-order valence-electron chi connectivity index (χ4n) is 1.13. The van der Waals surface area contributed by atoms with E-state index in [4.69, 9.17) is 16.6 Å². The molecular formula is C10H18N4O5. The van der Waals surface area contributed by atoms with Crippen molar-refractivity contribution in [1.29, 1.82) is 0 Å². The van der Waals surface area contributed by atoms with E-state index < -0.39 is 42.3 Å². The summed E-state index contributed by atoms with van der Waals surface area (Å²) < 4.78 is 0. The van der Waals surface area contributed by atoms with Crippen molar-refractivity contribution in [3.8, 4) is 0 Å². The van der Waals surface area contributed by atoms with Crippen LogP contribution in [0.25, 0.3) is 0 Å². The van der Waals surface area contributed by atoms with E-state index in [0.717, 1.165) is 0 Å². The van der Waals surface area contributed by atoms with E-state index in [9.17, 15) is 19.2 Å². The summed E-state index contributed by atoms with van der Waals surface area (Å²) >= 11 is 0. The van der Waals surface area contributed by atoms with Gasteiger partial charge in [0.2, 0.25) is 17.7 Å². The average Bonchev–Trinajstić information content (AvgIpc) is 2.32. The third-order valence-corrected chi connectivity index (χ3v) is 2.20. The molecule has 0 aliphatic rings. The van der Waals surface area contributed by atoms with Crippen LogP contribution in [0.5, 0.6) is 0 Å². The van der Waals surface area contributed by atoms with Gasteiger partial charge in [-0.15, -0.1) is 0 Å². The van der Waals surface area contributed by atoms with Gasteiger partial charge in [0.1, 0.15) is 12.6 Å². The van der Waals surface area contributed by atoms with Crippen molar-refractivity contribution in [2.45, 2.75) is 31.8 Å². The fraction of sp³-hybridized carbons (Fsp3) is 0.600. The van der Waals surface area contributed by atoms with E-state index >= 15 is 0 Å². The van der Waals surface area contributed by atoms with Gasteiger partial charge in [-0.2, -0.15) is 0 Å². The van der Waals surface area contributed by atoms with Gasteiger partial charge in [0.25, 0.3) is 0 Å². The van der Waals surface area contributed by atoms with Crippen molar-refractivity contribution < 1.29 is 24.3 Å². The molecule has 108 valence electrons. The number of primary amides is 1. The molecule has 19 heavy (non-hydrogen) atoms. The average molecular weight is 274 g/mol. The first-order chi connectivity index (χ1) is 8.73. The normalized spacial score (nSPS) is 13.2. The largest absolute Gasteiger partial charge is 0.480 e. The Bertz CT molecular complexity index is 371. The Kier molecular flexibility index (Phi) is 7.12. The minimum Gasteiger partial charge on any atom is -0.480 e. The SMILES string of the molecule is CC(NC(=O)C(N)CCC(N)=O)C(=O)NCC(=O)O. The van der Waals surface area contributed by atoms with Crippen LogP contribution in [0, 0.1) is 0 Å². The van der Waals surface area contributed by atoms with Crippen molar-refractivity contribution in [2.75, 3.05) is 6.54 Å². The molecule has 0 aromatic carbocycles. The number of carbonyl (C=O) groups is 4. The van der Waals surface area contributed by atoms with Crippen molar-refractivity contribution >= 4 is 23.7 Å². The highest BCUT2D eigenvalue weighted by Crippen LogP contribution is 1.95. The lowest BCUT2D eigenvalue weighted by Gasteiger charge is -2.16. The molecule has 0 saturated heterocycles. The second kappa shape index (κ2) is 8.03. The summed E-state index contributed by atoms with van der Waals surface area (Å²) in [6.07, 6.45) is 0.0405. The maximum atomic E-state index is 11.5. The molecule has 3 amide bonds. The first-order valence-corrected chi connectivity index (χ1v) is 5.57. The van der Waals surface area contributed by atoms with E-state index in [-0.39, 0.29) is 12.8 Å². The molecule has 0 heterocycles. The van der Waals surface area contributed by atoms with Crippen molar-refractivity contribution in [1.82, 2.24) is 10.6 Å². The number of nitrogens with one attached hydrogen (secondary N) is 2. The zero-order valence-corrected chi connectivity index (χ0v) is 10.5. The Morgan fingerprint density at radius 1 is 1.21 bits per heavy atom. The highest BCUT2D eigenvalue weighted by atomic mass is 16.4. The van der Waals surface area contributed by atoms with Crippen LogP contribution in [0.15, 0.2) is 0 Å². The molecule has 0 aromatic rings. The first kappa shape index (κ1) is 16.8. The zero-order valence-electron chi connectivity index (χ0n) is 10.5. The monoisotopic (exact) mass is 274 g/mol. The number of hydrogen-bond donors (Lipinski definition) is 5. The molecule has 9 heteroatoms. The minimum atomic E-state index is -1.19. The highest BCUT2D eigenvalue weighted by Gasteiger charge is 2.20. The number of carboxylic acid groups (broad SMARTS) is 1. The zero-order chi connectivity index (χ0) is 15.0. The van der Waals surface area contributed by atoms with Crippen LogP contribution in [-0.4, -0.2) is 47.4 Å². The number of hydrogen-bond acceptors (Lipinski definition) is 5. The molecule has 0 bridgehead atoms. The third-order valence-electron chi connectivity index (χ3n) is 2.20. The molecule has 0 aliphatic heterocycles. The Labute approximate surface area is 109 Å². The second-order valence-corrected chi connectivity index (χ2v) is 3.95. The van der Waals surface area contributed by atoms with Crippen LogP contribution in [0.2, 0.25) is 0 Å². The summed E-state index contributed by atoms with van der Waals surface area (Å²) in [5.74, 6) is -3.02.